The number of aliphatic hydroxyl groups excluding tert-OH is 1. The Bertz CT molecular complexity index is 753. The SMILES string of the molecule is CCn1cc(CNC2CCCc3nc(N4CCC(CO)CC4)ncc32)cn1. The van der Waals surface area contributed by atoms with Crippen LogP contribution >= 0.6 is 0 Å². The molecule has 2 N–H and O–H groups in total. The van der Waals surface area contributed by atoms with E-state index in [-0.39, 0.29) is 0 Å². The van der Waals surface area contributed by atoms with Gasteiger partial charge in [-0.05, 0) is 44.9 Å². The predicted molar refractivity (Wildman–Crippen MR) is 104 cm³/mol. The lowest BCUT2D eigenvalue weighted by Gasteiger charge is -2.32. The summed E-state index contributed by atoms with van der Waals surface area (Å²) in [6.45, 7) is 5.99. The highest BCUT2D eigenvalue weighted by Gasteiger charge is 2.25. The normalized spacial score (nSPS) is 20.7. The molecule has 4 rings (SSSR count). The monoisotopic (exact) mass is 370 g/mol. The summed E-state index contributed by atoms with van der Waals surface area (Å²) in [5, 5.41) is 17.3. The number of aromatic nitrogens is 4. The van der Waals surface area contributed by atoms with Gasteiger partial charge < -0.3 is 15.3 Å². The topological polar surface area (TPSA) is 79.1 Å². The Morgan fingerprint density at radius 1 is 1.22 bits per heavy atom. The van der Waals surface area contributed by atoms with Gasteiger partial charge in [0.1, 0.15) is 0 Å². The zero-order valence-electron chi connectivity index (χ0n) is 16.1. The van der Waals surface area contributed by atoms with Gasteiger partial charge in [0.15, 0.2) is 0 Å². The highest BCUT2D eigenvalue weighted by Crippen LogP contribution is 2.30. The van der Waals surface area contributed by atoms with Crippen molar-refractivity contribution in [3.63, 3.8) is 0 Å². The summed E-state index contributed by atoms with van der Waals surface area (Å²) in [5.74, 6) is 1.29. The Kier molecular flexibility index (Phi) is 5.69. The summed E-state index contributed by atoms with van der Waals surface area (Å²) in [6, 6.07) is 0.313. The third-order valence-electron chi connectivity index (χ3n) is 5.89. The third-order valence-corrected chi connectivity index (χ3v) is 5.89. The largest absolute Gasteiger partial charge is 0.396 e. The van der Waals surface area contributed by atoms with Crippen LogP contribution in [0.25, 0.3) is 0 Å². The number of rotatable bonds is 6. The van der Waals surface area contributed by atoms with Crippen molar-refractivity contribution in [3.05, 3.63) is 35.4 Å². The average molecular weight is 371 g/mol. The lowest BCUT2D eigenvalue weighted by molar-refractivity contribution is 0.202. The molecule has 0 radical (unpaired) electrons. The van der Waals surface area contributed by atoms with Gasteiger partial charge in [-0.3, -0.25) is 4.68 Å². The first-order valence-electron chi connectivity index (χ1n) is 10.2. The molecule has 0 aromatic carbocycles. The van der Waals surface area contributed by atoms with Gasteiger partial charge in [-0.15, -0.1) is 0 Å². The van der Waals surface area contributed by atoms with E-state index in [0.29, 0.717) is 18.6 Å². The molecule has 1 aliphatic heterocycles. The summed E-state index contributed by atoms with van der Waals surface area (Å²) in [4.78, 5) is 11.9. The van der Waals surface area contributed by atoms with Crippen LogP contribution in [0.15, 0.2) is 18.6 Å². The predicted octanol–water partition coefficient (Wildman–Crippen LogP) is 2.07. The molecule has 1 saturated heterocycles. The van der Waals surface area contributed by atoms with E-state index < -0.39 is 0 Å². The molecule has 1 fully saturated rings. The van der Waals surface area contributed by atoms with E-state index in [1.165, 1.54) is 16.8 Å². The molecule has 1 aliphatic carbocycles. The second-order valence-corrected chi connectivity index (χ2v) is 7.72. The molecule has 146 valence electrons. The molecule has 0 bridgehead atoms. The number of anilines is 1. The Morgan fingerprint density at radius 2 is 2.07 bits per heavy atom. The van der Waals surface area contributed by atoms with Gasteiger partial charge in [0, 0.05) is 62.3 Å². The van der Waals surface area contributed by atoms with Crippen molar-refractivity contribution >= 4 is 5.95 Å². The van der Waals surface area contributed by atoms with E-state index in [4.69, 9.17) is 4.98 Å². The van der Waals surface area contributed by atoms with Crippen LogP contribution in [0.5, 0.6) is 0 Å². The van der Waals surface area contributed by atoms with Gasteiger partial charge in [-0.1, -0.05) is 0 Å². The zero-order chi connectivity index (χ0) is 18.6. The van der Waals surface area contributed by atoms with E-state index >= 15 is 0 Å². The van der Waals surface area contributed by atoms with Crippen molar-refractivity contribution in [2.45, 2.75) is 58.2 Å². The van der Waals surface area contributed by atoms with E-state index in [2.05, 4.69) is 33.4 Å². The van der Waals surface area contributed by atoms with Crippen LogP contribution in [0.2, 0.25) is 0 Å². The van der Waals surface area contributed by atoms with Gasteiger partial charge in [-0.25, -0.2) is 9.97 Å². The molecule has 7 heteroatoms. The van der Waals surface area contributed by atoms with Gasteiger partial charge >= 0.3 is 0 Å². The maximum absolute atomic E-state index is 9.32. The molecule has 2 aromatic heterocycles. The Balaban J connectivity index is 1.42. The second-order valence-electron chi connectivity index (χ2n) is 7.72. The summed E-state index contributed by atoms with van der Waals surface area (Å²) >= 11 is 0. The van der Waals surface area contributed by atoms with Crippen molar-refractivity contribution < 1.29 is 5.11 Å². The molecular formula is C20H30N6O. The van der Waals surface area contributed by atoms with Crippen LogP contribution in [0.1, 0.15) is 55.5 Å². The van der Waals surface area contributed by atoms with Crippen molar-refractivity contribution in [1.29, 1.82) is 0 Å². The Morgan fingerprint density at radius 3 is 2.81 bits per heavy atom. The van der Waals surface area contributed by atoms with Crippen LogP contribution in [0.3, 0.4) is 0 Å². The fourth-order valence-electron chi connectivity index (χ4n) is 4.13. The molecule has 7 nitrogen and oxygen atoms in total. The van der Waals surface area contributed by atoms with Crippen molar-refractivity contribution in [1.82, 2.24) is 25.1 Å². The molecule has 1 unspecified atom stereocenters. The van der Waals surface area contributed by atoms with Gasteiger partial charge in [0.25, 0.3) is 0 Å². The second kappa shape index (κ2) is 8.35. The summed E-state index contributed by atoms with van der Waals surface area (Å²) in [7, 11) is 0. The molecule has 2 aromatic rings. The molecule has 0 spiro atoms. The number of aryl methyl sites for hydroxylation is 2. The van der Waals surface area contributed by atoms with E-state index in [1.807, 2.05) is 17.1 Å². The van der Waals surface area contributed by atoms with Crippen LogP contribution in [-0.2, 0) is 19.5 Å². The minimum Gasteiger partial charge on any atom is -0.396 e. The number of hydrogen-bond donors (Lipinski definition) is 2. The first-order chi connectivity index (χ1) is 13.3. The summed E-state index contributed by atoms with van der Waals surface area (Å²) in [6.07, 6.45) is 11.4. The van der Waals surface area contributed by atoms with Gasteiger partial charge in [0.2, 0.25) is 5.95 Å². The fourth-order valence-corrected chi connectivity index (χ4v) is 4.13. The maximum atomic E-state index is 9.32. The molecule has 0 saturated carbocycles. The molecule has 2 aliphatic rings. The first-order valence-corrected chi connectivity index (χ1v) is 10.2. The van der Waals surface area contributed by atoms with Crippen LogP contribution in [0, 0.1) is 5.92 Å². The summed E-state index contributed by atoms with van der Waals surface area (Å²) in [5.41, 5.74) is 3.66. The molecular weight excluding hydrogens is 340 g/mol. The maximum Gasteiger partial charge on any atom is 0.225 e. The van der Waals surface area contributed by atoms with Crippen LogP contribution in [-0.4, -0.2) is 44.6 Å². The summed E-state index contributed by atoms with van der Waals surface area (Å²) < 4.78 is 1.96. The molecule has 0 amide bonds. The van der Waals surface area contributed by atoms with Crippen LogP contribution < -0.4 is 10.2 Å². The number of piperidine rings is 1. The standard InChI is InChI=1S/C20H30N6O/c1-2-26-13-16(11-23-26)10-21-18-4-3-5-19-17(18)12-22-20(24-19)25-8-6-15(14-27)7-9-25/h11-13,15,18,21,27H,2-10,14H2,1H3. The van der Waals surface area contributed by atoms with Gasteiger partial charge in [0.05, 0.1) is 11.9 Å². The fraction of sp³-hybridized carbons (Fsp3) is 0.650. The van der Waals surface area contributed by atoms with Crippen molar-refractivity contribution in [3.8, 4) is 0 Å². The molecule has 3 heterocycles. The zero-order valence-corrected chi connectivity index (χ0v) is 16.1. The number of nitrogens with zero attached hydrogens (tertiary/aromatic N) is 5. The quantitative estimate of drug-likeness (QED) is 0.810. The highest BCUT2D eigenvalue weighted by atomic mass is 16.3. The first kappa shape index (κ1) is 18.4. The lowest BCUT2D eigenvalue weighted by atomic mass is 9.92. The smallest absolute Gasteiger partial charge is 0.225 e. The number of nitrogens with one attached hydrogen (secondary N) is 1. The van der Waals surface area contributed by atoms with Crippen molar-refractivity contribution in [2.75, 3.05) is 24.6 Å². The minimum absolute atomic E-state index is 0.295. The number of aliphatic hydroxyl groups is 1. The van der Waals surface area contributed by atoms with E-state index in [0.717, 1.165) is 64.2 Å². The number of fused-ring (bicyclic) bond motifs is 1. The molecule has 27 heavy (non-hydrogen) atoms. The highest BCUT2D eigenvalue weighted by molar-refractivity contribution is 5.36. The van der Waals surface area contributed by atoms with Gasteiger partial charge in [-0.2, -0.15) is 5.10 Å². The third kappa shape index (κ3) is 4.14. The number of hydrogen-bond acceptors (Lipinski definition) is 6. The lowest BCUT2D eigenvalue weighted by Crippen LogP contribution is -2.36. The van der Waals surface area contributed by atoms with Crippen LogP contribution in [0.4, 0.5) is 5.95 Å². The molecule has 1 atom stereocenters. The Labute approximate surface area is 160 Å². The van der Waals surface area contributed by atoms with E-state index in [1.54, 1.807) is 0 Å². The Hall–Kier alpha value is -1.99. The minimum atomic E-state index is 0.295. The van der Waals surface area contributed by atoms with E-state index in [9.17, 15) is 5.11 Å². The van der Waals surface area contributed by atoms with Crippen molar-refractivity contribution in [2.24, 2.45) is 5.92 Å². The average Bonchev–Trinajstić information content (AvgIpc) is 3.20.